The predicted octanol–water partition coefficient (Wildman–Crippen LogP) is 1.23. The number of hydrogen-bond acceptors (Lipinski definition) is 4. The number of rotatable bonds is 3. The molecule has 0 unspecified atom stereocenters. The van der Waals surface area contributed by atoms with E-state index in [2.05, 4.69) is 15.0 Å². The number of nitrogens with one attached hydrogen (secondary N) is 2. The van der Waals surface area contributed by atoms with Gasteiger partial charge in [-0.1, -0.05) is 11.6 Å². The first kappa shape index (κ1) is 12.6. The van der Waals surface area contributed by atoms with E-state index in [1.54, 1.807) is 12.1 Å². The molecule has 1 aromatic rings. The van der Waals surface area contributed by atoms with Crippen LogP contribution in [0.3, 0.4) is 0 Å². The molecule has 2 N–H and O–H groups in total. The molecular formula is C10H14ClN3O2S. The second-order valence-corrected chi connectivity index (χ2v) is 6.30. The van der Waals surface area contributed by atoms with Crippen LogP contribution in [0.2, 0.25) is 5.02 Å². The third-order valence-corrected chi connectivity index (χ3v) is 4.85. The van der Waals surface area contributed by atoms with Crippen LogP contribution in [0.4, 0.5) is 5.82 Å². The van der Waals surface area contributed by atoms with Crippen LogP contribution in [0.5, 0.6) is 0 Å². The van der Waals surface area contributed by atoms with Gasteiger partial charge in [0.1, 0.15) is 0 Å². The molecule has 2 rings (SSSR count). The molecule has 2 heterocycles. The van der Waals surface area contributed by atoms with E-state index in [1.807, 2.05) is 0 Å². The Morgan fingerprint density at radius 2 is 2.12 bits per heavy atom. The first-order chi connectivity index (χ1) is 8.09. The molecule has 1 aromatic heterocycles. The topological polar surface area (TPSA) is 71.1 Å². The lowest BCUT2D eigenvalue weighted by Gasteiger charge is -2.23. The Kier molecular flexibility index (Phi) is 3.86. The molecule has 0 amide bonds. The maximum Gasteiger partial charge on any atom is 0.236 e. The summed E-state index contributed by atoms with van der Waals surface area (Å²) in [5.74, 6) is 0.202. The quantitative estimate of drug-likeness (QED) is 0.870. The number of sulfonamides is 1. The number of pyridine rings is 1. The number of halogens is 1. The zero-order valence-corrected chi connectivity index (χ0v) is 10.8. The Morgan fingerprint density at radius 3 is 2.76 bits per heavy atom. The second kappa shape index (κ2) is 5.20. The minimum atomic E-state index is -3.40. The molecule has 0 aromatic carbocycles. The summed E-state index contributed by atoms with van der Waals surface area (Å²) in [5.41, 5.74) is 0. The van der Waals surface area contributed by atoms with Gasteiger partial charge in [0.05, 0.1) is 10.3 Å². The Hall–Kier alpha value is -0.850. The number of hydrogen-bond donors (Lipinski definition) is 2. The van der Waals surface area contributed by atoms with Gasteiger partial charge >= 0.3 is 0 Å². The average Bonchev–Trinajstić information content (AvgIpc) is 2.33. The van der Waals surface area contributed by atoms with Crippen molar-refractivity contribution in [2.75, 3.05) is 17.8 Å². The first-order valence-corrected chi connectivity index (χ1v) is 7.35. The molecule has 0 bridgehead atoms. The van der Waals surface area contributed by atoms with E-state index in [0.29, 0.717) is 17.9 Å². The van der Waals surface area contributed by atoms with Gasteiger partial charge in [-0.05, 0) is 38.1 Å². The fourth-order valence-corrected chi connectivity index (χ4v) is 3.46. The summed E-state index contributed by atoms with van der Waals surface area (Å²) < 4.78 is 26.6. The molecule has 1 aliphatic rings. The summed E-state index contributed by atoms with van der Waals surface area (Å²) in [5, 5.41) is 3.07. The van der Waals surface area contributed by atoms with Crippen molar-refractivity contribution in [2.24, 2.45) is 0 Å². The van der Waals surface area contributed by atoms with Crippen molar-refractivity contribution in [3.63, 3.8) is 0 Å². The monoisotopic (exact) mass is 275 g/mol. The minimum absolute atomic E-state index is 0.202. The van der Waals surface area contributed by atoms with Gasteiger partial charge in [-0.3, -0.25) is 4.72 Å². The predicted molar refractivity (Wildman–Crippen MR) is 67.7 cm³/mol. The van der Waals surface area contributed by atoms with Crippen LogP contribution in [0.15, 0.2) is 18.3 Å². The number of nitrogens with zero attached hydrogens (tertiary/aromatic N) is 1. The normalized spacial score (nSPS) is 17.9. The third kappa shape index (κ3) is 3.08. The van der Waals surface area contributed by atoms with Gasteiger partial charge in [0, 0.05) is 6.20 Å². The number of piperidine rings is 1. The van der Waals surface area contributed by atoms with Crippen LogP contribution >= 0.6 is 11.6 Å². The van der Waals surface area contributed by atoms with E-state index >= 15 is 0 Å². The van der Waals surface area contributed by atoms with Gasteiger partial charge in [0.25, 0.3) is 0 Å². The fourth-order valence-electron chi connectivity index (χ4n) is 1.78. The zero-order chi connectivity index (χ0) is 12.3. The van der Waals surface area contributed by atoms with E-state index in [9.17, 15) is 8.42 Å². The Morgan fingerprint density at radius 1 is 1.41 bits per heavy atom. The molecule has 17 heavy (non-hydrogen) atoms. The van der Waals surface area contributed by atoms with E-state index in [1.165, 1.54) is 6.20 Å². The molecule has 0 spiro atoms. The Labute approximate surface area is 106 Å². The van der Waals surface area contributed by atoms with Gasteiger partial charge in [-0.25, -0.2) is 13.4 Å². The summed E-state index contributed by atoms with van der Waals surface area (Å²) in [4.78, 5) is 3.92. The molecule has 1 saturated heterocycles. The SMILES string of the molecule is O=S(=O)(Nc1ncccc1Cl)C1CCNCC1. The van der Waals surface area contributed by atoms with Gasteiger partial charge < -0.3 is 5.32 Å². The molecular weight excluding hydrogens is 262 g/mol. The van der Waals surface area contributed by atoms with Gasteiger partial charge in [-0.2, -0.15) is 0 Å². The Bertz CT molecular complexity index is 486. The van der Waals surface area contributed by atoms with Crippen molar-refractivity contribution in [1.29, 1.82) is 0 Å². The number of anilines is 1. The summed E-state index contributed by atoms with van der Waals surface area (Å²) in [6.07, 6.45) is 2.73. The highest BCUT2D eigenvalue weighted by Gasteiger charge is 2.27. The lowest BCUT2D eigenvalue weighted by atomic mass is 10.2. The van der Waals surface area contributed by atoms with Crippen molar-refractivity contribution in [2.45, 2.75) is 18.1 Å². The van der Waals surface area contributed by atoms with Crippen LogP contribution < -0.4 is 10.0 Å². The van der Waals surface area contributed by atoms with Crippen molar-refractivity contribution in [1.82, 2.24) is 10.3 Å². The van der Waals surface area contributed by atoms with Gasteiger partial charge in [-0.15, -0.1) is 0 Å². The molecule has 1 fully saturated rings. The van der Waals surface area contributed by atoms with Crippen LogP contribution in [-0.2, 0) is 10.0 Å². The fraction of sp³-hybridized carbons (Fsp3) is 0.500. The van der Waals surface area contributed by atoms with Gasteiger partial charge in [0.2, 0.25) is 10.0 Å². The first-order valence-electron chi connectivity index (χ1n) is 5.42. The van der Waals surface area contributed by atoms with E-state index < -0.39 is 10.0 Å². The molecule has 0 saturated carbocycles. The molecule has 5 nitrogen and oxygen atoms in total. The van der Waals surface area contributed by atoms with E-state index in [0.717, 1.165) is 13.1 Å². The van der Waals surface area contributed by atoms with Crippen molar-refractivity contribution in [3.05, 3.63) is 23.4 Å². The zero-order valence-electron chi connectivity index (χ0n) is 9.19. The van der Waals surface area contributed by atoms with E-state index in [-0.39, 0.29) is 11.1 Å². The molecule has 7 heteroatoms. The van der Waals surface area contributed by atoms with Gasteiger partial charge in [0.15, 0.2) is 5.82 Å². The largest absolute Gasteiger partial charge is 0.317 e. The molecule has 0 radical (unpaired) electrons. The highest BCUT2D eigenvalue weighted by Crippen LogP contribution is 2.22. The van der Waals surface area contributed by atoms with Crippen LogP contribution in [0.1, 0.15) is 12.8 Å². The molecule has 0 aliphatic carbocycles. The van der Waals surface area contributed by atoms with E-state index in [4.69, 9.17) is 11.6 Å². The minimum Gasteiger partial charge on any atom is -0.317 e. The van der Waals surface area contributed by atoms with Crippen molar-refractivity contribution >= 4 is 27.4 Å². The average molecular weight is 276 g/mol. The Balaban J connectivity index is 2.14. The standard InChI is InChI=1S/C10H14ClN3O2S/c11-9-2-1-5-13-10(9)14-17(15,16)8-3-6-12-7-4-8/h1-2,5,8,12H,3-4,6-7H2,(H,13,14). The van der Waals surface area contributed by atoms with Crippen LogP contribution in [0.25, 0.3) is 0 Å². The lowest BCUT2D eigenvalue weighted by molar-refractivity contribution is 0.499. The van der Waals surface area contributed by atoms with Crippen molar-refractivity contribution < 1.29 is 8.42 Å². The highest BCUT2D eigenvalue weighted by atomic mass is 35.5. The highest BCUT2D eigenvalue weighted by molar-refractivity contribution is 7.93. The molecule has 94 valence electrons. The van der Waals surface area contributed by atoms with Crippen LogP contribution in [0, 0.1) is 0 Å². The third-order valence-electron chi connectivity index (χ3n) is 2.72. The molecule has 0 atom stereocenters. The summed E-state index contributed by atoms with van der Waals surface area (Å²) in [6, 6.07) is 3.26. The lowest BCUT2D eigenvalue weighted by Crippen LogP contribution is -2.38. The smallest absolute Gasteiger partial charge is 0.236 e. The number of aromatic nitrogens is 1. The second-order valence-electron chi connectivity index (χ2n) is 3.93. The summed E-state index contributed by atoms with van der Waals surface area (Å²) in [7, 11) is -3.40. The maximum atomic E-state index is 12.1. The van der Waals surface area contributed by atoms with Crippen molar-refractivity contribution in [3.8, 4) is 0 Å². The summed E-state index contributed by atoms with van der Waals surface area (Å²) in [6.45, 7) is 1.45. The van der Waals surface area contributed by atoms with Crippen LogP contribution in [-0.4, -0.2) is 31.7 Å². The maximum absolute atomic E-state index is 12.1. The summed E-state index contributed by atoms with van der Waals surface area (Å²) >= 11 is 5.87. The molecule has 1 aliphatic heterocycles.